The number of carbonyl (C=O) groups excluding carboxylic acids is 1. The minimum Gasteiger partial charge on any atom is -0.338 e. The number of nitrogens with zero attached hydrogens (tertiary/aromatic N) is 4. The Hall–Kier alpha value is -1.99. The van der Waals surface area contributed by atoms with Gasteiger partial charge in [0.25, 0.3) is 5.91 Å². The smallest absolute Gasteiger partial charge is 0.259 e. The molecule has 1 aliphatic heterocycles. The first-order valence-corrected chi connectivity index (χ1v) is 9.24. The summed E-state index contributed by atoms with van der Waals surface area (Å²) in [6, 6.07) is 7.47. The molecule has 2 aromatic rings. The molecular formula is C18H22BrN5O. The quantitative estimate of drug-likeness (QED) is 0.849. The number of rotatable bonds is 4. The Labute approximate surface area is 156 Å². The van der Waals surface area contributed by atoms with Crippen molar-refractivity contribution in [2.75, 3.05) is 42.9 Å². The topological polar surface area (TPSA) is 61.4 Å². The number of anilines is 2. The predicted molar refractivity (Wildman–Crippen MR) is 103 cm³/mol. The maximum Gasteiger partial charge on any atom is 0.259 e. The fraction of sp³-hybridized carbons (Fsp3) is 0.389. The molecule has 0 spiro atoms. The van der Waals surface area contributed by atoms with Gasteiger partial charge in [-0.25, -0.2) is 9.97 Å². The minimum absolute atomic E-state index is 0.192. The van der Waals surface area contributed by atoms with Crippen LogP contribution >= 0.6 is 15.9 Å². The van der Waals surface area contributed by atoms with E-state index >= 15 is 0 Å². The summed E-state index contributed by atoms with van der Waals surface area (Å²) in [4.78, 5) is 26.0. The molecule has 0 aliphatic carbocycles. The van der Waals surface area contributed by atoms with E-state index in [0.717, 1.165) is 42.9 Å². The van der Waals surface area contributed by atoms with Gasteiger partial charge in [-0.3, -0.25) is 4.79 Å². The van der Waals surface area contributed by atoms with Gasteiger partial charge in [0.05, 0.1) is 11.3 Å². The zero-order valence-corrected chi connectivity index (χ0v) is 16.1. The van der Waals surface area contributed by atoms with E-state index in [-0.39, 0.29) is 5.91 Å². The van der Waals surface area contributed by atoms with Crippen molar-refractivity contribution in [1.29, 1.82) is 0 Å². The second-order valence-electron chi connectivity index (χ2n) is 6.05. The Bertz CT molecular complexity index is 742. The van der Waals surface area contributed by atoms with Crippen LogP contribution in [0.2, 0.25) is 0 Å². The molecule has 2 heterocycles. The van der Waals surface area contributed by atoms with E-state index in [2.05, 4.69) is 47.9 Å². The summed E-state index contributed by atoms with van der Waals surface area (Å²) in [5, 5.41) is 2.88. The molecule has 1 fully saturated rings. The molecule has 0 atom stereocenters. The van der Waals surface area contributed by atoms with Crippen LogP contribution in [-0.4, -0.2) is 53.5 Å². The average molecular weight is 404 g/mol. The van der Waals surface area contributed by atoms with E-state index in [0.29, 0.717) is 17.2 Å². The summed E-state index contributed by atoms with van der Waals surface area (Å²) in [6.45, 7) is 8.97. The van der Waals surface area contributed by atoms with Gasteiger partial charge in [0, 0.05) is 42.5 Å². The third-order valence-electron chi connectivity index (χ3n) is 4.42. The summed E-state index contributed by atoms with van der Waals surface area (Å²) >= 11 is 3.38. The fourth-order valence-electron chi connectivity index (χ4n) is 2.83. The number of piperazine rings is 1. The number of halogens is 1. The molecule has 1 aromatic heterocycles. The molecule has 1 N–H and O–H groups in total. The van der Waals surface area contributed by atoms with Gasteiger partial charge in [0.15, 0.2) is 0 Å². The molecule has 3 rings (SSSR count). The van der Waals surface area contributed by atoms with Crippen LogP contribution in [0, 0.1) is 6.92 Å². The van der Waals surface area contributed by atoms with Crippen LogP contribution in [0.15, 0.2) is 34.9 Å². The van der Waals surface area contributed by atoms with Gasteiger partial charge in [-0.2, -0.15) is 0 Å². The molecule has 6 nitrogen and oxygen atoms in total. The molecule has 25 heavy (non-hydrogen) atoms. The Kier molecular flexibility index (Phi) is 5.65. The van der Waals surface area contributed by atoms with Crippen LogP contribution in [0.25, 0.3) is 0 Å². The number of benzene rings is 1. The molecular weight excluding hydrogens is 382 g/mol. The molecule has 1 saturated heterocycles. The lowest BCUT2D eigenvalue weighted by Crippen LogP contribution is -2.46. The van der Waals surface area contributed by atoms with Crippen molar-refractivity contribution >= 4 is 33.5 Å². The summed E-state index contributed by atoms with van der Waals surface area (Å²) in [6.07, 6.45) is 1.62. The Morgan fingerprint density at radius 1 is 1.20 bits per heavy atom. The zero-order chi connectivity index (χ0) is 17.8. The number of aromatic nitrogens is 2. The first kappa shape index (κ1) is 17.8. The van der Waals surface area contributed by atoms with Crippen molar-refractivity contribution in [3.8, 4) is 0 Å². The van der Waals surface area contributed by atoms with Crippen LogP contribution in [-0.2, 0) is 0 Å². The van der Waals surface area contributed by atoms with Crippen molar-refractivity contribution in [2.24, 2.45) is 0 Å². The largest absolute Gasteiger partial charge is 0.338 e. The molecule has 0 unspecified atom stereocenters. The number of amides is 1. The highest BCUT2D eigenvalue weighted by atomic mass is 79.9. The molecule has 0 bridgehead atoms. The van der Waals surface area contributed by atoms with Crippen LogP contribution in [0.5, 0.6) is 0 Å². The maximum absolute atomic E-state index is 12.5. The van der Waals surface area contributed by atoms with E-state index in [9.17, 15) is 4.79 Å². The standard InChI is InChI=1S/C18H22BrN5O/c1-3-23-8-10-24(11-9-23)18-20-12-16(13(2)21-18)17(25)22-15-6-4-14(19)5-7-15/h4-7,12H,3,8-11H2,1-2H3,(H,22,25). The lowest BCUT2D eigenvalue weighted by atomic mass is 10.2. The Morgan fingerprint density at radius 2 is 1.88 bits per heavy atom. The van der Waals surface area contributed by atoms with Crippen molar-refractivity contribution < 1.29 is 4.79 Å². The number of hydrogen-bond acceptors (Lipinski definition) is 5. The number of hydrogen-bond donors (Lipinski definition) is 1. The fourth-order valence-corrected chi connectivity index (χ4v) is 3.09. The van der Waals surface area contributed by atoms with Gasteiger partial charge in [-0.1, -0.05) is 22.9 Å². The summed E-state index contributed by atoms with van der Waals surface area (Å²) < 4.78 is 0.970. The highest BCUT2D eigenvalue weighted by molar-refractivity contribution is 9.10. The number of nitrogens with one attached hydrogen (secondary N) is 1. The third kappa shape index (κ3) is 4.35. The van der Waals surface area contributed by atoms with Gasteiger partial charge >= 0.3 is 0 Å². The Morgan fingerprint density at radius 3 is 2.48 bits per heavy atom. The van der Waals surface area contributed by atoms with E-state index in [1.54, 1.807) is 6.20 Å². The zero-order valence-electron chi connectivity index (χ0n) is 14.5. The highest BCUT2D eigenvalue weighted by Gasteiger charge is 2.19. The second-order valence-corrected chi connectivity index (χ2v) is 6.97. The monoisotopic (exact) mass is 403 g/mol. The van der Waals surface area contributed by atoms with Crippen molar-refractivity contribution in [3.05, 3.63) is 46.2 Å². The van der Waals surface area contributed by atoms with Gasteiger partial charge < -0.3 is 15.1 Å². The van der Waals surface area contributed by atoms with Gasteiger partial charge in [0.1, 0.15) is 0 Å². The highest BCUT2D eigenvalue weighted by Crippen LogP contribution is 2.17. The average Bonchev–Trinajstić information content (AvgIpc) is 2.63. The predicted octanol–water partition coefficient (Wildman–Crippen LogP) is 2.94. The molecule has 1 aliphatic rings. The first-order chi connectivity index (χ1) is 12.1. The molecule has 0 radical (unpaired) electrons. The lowest BCUT2D eigenvalue weighted by molar-refractivity contribution is 0.102. The first-order valence-electron chi connectivity index (χ1n) is 8.44. The molecule has 1 aromatic carbocycles. The summed E-state index contributed by atoms with van der Waals surface area (Å²) in [5.74, 6) is 0.510. The SMILES string of the molecule is CCN1CCN(c2ncc(C(=O)Nc3ccc(Br)cc3)c(C)n2)CC1. The van der Waals surface area contributed by atoms with E-state index in [1.165, 1.54) is 0 Å². The normalized spacial score (nSPS) is 15.2. The number of aryl methyl sites for hydroxylation is 1. The van der Waals surface area contributed by atoms with Crippen molar-refractivity contribution in [3.63, 3.8) is 0 Å². The minimum atomic E-state index is -0.192. The van der Waals surface area contributed by atoms with Crippen molar-refractivity contribution in [2.45, 2.75) is 13.8 Å². The maximum atomic E-state index is 12.5. The van der Waals surface area contributed by atoms with Crippen molar-refractivity contribution in [1.82, 2.24) is 14.9 Å². The van der Waals surface area contributed by atoms with E-state index in [4.69, 9.17) is 0 Å². The number of likely N-dealkylation sites (N-methyl/N-ethyl adjacent to an activating group) is 1. The van der Waals surface area contributed by atoms with Crippen LogP contribution in [0.4, 0.5) is 11.6 Å². The van der Waals surface area contributed by atoms with Crippen LogP contribution in [0.3, 0.4) is 0 Å². The lowest BCUT2D eigenvalue weighted by Gasteiger charge is -2.34. The van der Waals surface area contributed by atoms with E-state index < -0.39 is 0 Å². The third-order valence-corrected chi connectivity index (χ3v) is 4.94. The second kappa shape index (κ2) is 7.93. The molecule has 132 valence electrons. The number of carbonyl (C=O) groups is 1. The Balaban J connectivity index is 1.69. The van der Waals surface area contributed by atoms with E-state index in [1.807, 2.05) is 31.2 Å². The summed E-state index contributed by atoms with van der Waals surface area (Å²) in [7, 11) is 0. The van der Waals surface area contributed by atoms with Gasteiger partial charge in [-0.15, -0.1) is 0 Å². The van der Waals surface area contributed by atoms with Crippen LogP contribution in [0.1, 0.15) is 23.0 Å². The van der Waals surface area contributed by atoms with Crippen LogP contribution < -0.4 is 10.2 Å². The molecule has 0 saturated carbocycles. The molecule has 1 amide bonds. The van der Waals surface area contributed by atoms with Gasteiger partial charge in [0.2, 0.25) is 5.95 Å². The van der Waals surface area contributed by atoms with Gasteiger partial charge in [-0.05, 0) is 37.7 Å². The molecule has 7 heteroatoms. The summed E-state index contributed by atoms with van der Waals surface area (Å²) in [5.41, 5.74) is 1.93.